The first kappa shape index (κ1) is 13.8. The van der Waals surface area contributed by atoms with Gasteiger partial charge in [-0.1, -0.05) is 11.6 Å². The molecule has 3 heteroatoms. The number of ether oxygens (including phenoxy) is 1. The highest BCUT2D eigenvalue weighted by Gasteiger charge is 2.11. The molecule has 2 nitrogen and oxygen atoms in total. The summed E-state index contributed by atoms with van der Waals surface area (Å²) < 4.78 is 5.78. The summed E-state index contributed by atoms with van der Waals surface area (Å²) in [6, 6.07) is 15.5. The van der Waals surface area contributed by atoms with Crippen LogP contribution in [0.4, 0.5) is 11.4 Å². The largest absolute Gasteiger partial charge is 0.488 e. The molecule has 0 aliphatic rings. The first-order valence-corrected chi connectivity index (χ1v) is 6.62. The Hall–Kier alpha value is -1.67. The molecule has 1 N–H and O–H groups in total. The minimum absolute atomic E-state index is 0.175. The van der Waals surface area contributed by atoms with E-state index >= 15 is 0 Å². The predicted molar refractivity (Wildman–Crippen MR) is 81.6 cm³/mol. The van der Waals surface area contributed by atoms with Gasteiger partial charge in [0.15, 0.2) is 0 Å². The van der Waals surface area contributed by atoms with E-state index in [1.807, 2.05) is 69.3 Å². The summed E-state index contributed by atoms with van der Waals surface area (Å²) in [6.07, 6.45) is 0. The number of nitrogens with one attached hydrogen (secondary N) is 1. The highest BCUT2D eigenvalue weighted by Crippen LogP contribution is 2.23. The van der Waals surface area contributed by atoms with Gasteiger partial charge in [-0.15, -0.1) is 0 Å². The van der Waals surface area contributed by atoms with E-state index in [-0.39, 0.29) is 5.60 Å². The van der Waals surface area contributed by atoms with Gasteiger partial charge in [0.2, 0.25) is 0 Å². The summed E-state index contributed by atoms with van der Waals surface area (Å²) >= 11 is 5.85. The van der Waals surface area contributed by atoms with Crippen molar-refractivity contribution in [2.75, 3.05) is 5.32 Å². The number of rotatable bonds is 3. The van der Waals surface area contributed by atoms with Crippen molar-refractivity contribution in [2.24, 2.45) is 0 Å². The summed E-state index contributed by atoms with van der Waals surface area (Å²) in [5.41, 5.74) is 1.85. The van der Waals surface area contributed by atoms with Gasteiger partial charge in [0, 0.05) is 16.4 Å². The Kier molecular flexibility index (Phi) is 4.01. The fourth-order valence-corrected chi connectivity index (χ4v) is 1.79. The van der Waals surface area contributed by atoms with Gasteiger partial charge in [0.05, 0.1) is 0 Å². The van der Waals surface area contributed by atoms with E-state index in [9.17, 15) is 0 Å². The Morgan fingerprint density at radius 2 is 1.32 bits per heavy atom. The van der Waals surface area contributed by atoms with Crippen LogP contribution in [-0.2, 0) is 0 Å². The maximum absolute atomic E-state index is 5.85. The van der Waals surface area contributed by atoms with Gasteiger partial charge in [-0.05, 0) is 69.3 Å². The van der Waals surface area contributed by atoms with E-state index in [1.54, 1.807) is 0 Å². The highest BCUT2D eigenvalue weighted by molar-refractivity contribution is 6.30. The van der Waals surface area contributed by atoms with Crippen LogP contribution in [-0.4, -0.2) is 5.60 Å². The molecule has 0 bridgehead atoms. The van der Waals surface area contributed by atoms with Gasteiger partial charge >= 0.3 is 0 Å². The number of halogens is 1. The van der Waals surface area contributed by atoms with Crippen LogP contribution in [0.3, 0.4) is 0 Å². The molecule has 0 aliphatic heterocycles. The first-order valence-electron chi connectivity index (χ1n) is 6.24. The Morgan fingerprint density at radius 3 is 1.79 bits per heavy atom. The lowest BCUT2D eigenvalue weighted by atomic mass is 10.2. The maximum Gasteiger partial charge on any atom is 0.120 e. The van der Waals surface area contributed by atoms with Crippen LogP contribution in [0, 0.1) is 0 Å². The van der Waals surface area contributed by atoms with Gasteiger partial charge in [0.1, 0.15) is 11.4 Å². The minimum Gasteiger partial charge on any atom is -0.488 e. The molecule has 0 unspecified atom stereocenters. The lowest BCUT2D eigenvalue weighted by Gasteiger charge is -2.21. The second-order valence-electron chi connectivity index (χ2n) is 5.37. The first-order chi connectivity index (χ1) is 8.92. The fraction of sp³-hybridized carbons (Fsp3) is 0.250. The van der Waals surface area contributed by atoms with Crippen molar-refractivity contribution in [3.05, 3.63) is 53.6 Å². The van der Waals surface area contributed by atoms with Crippen LogP contribution in [0.2, 0.25) is 5.02 Å². The zero-order valence-corrected chi connectivity index (χ0v) is 12.2. The molecule has 0 saturated carbocycles. The van der Waals surface area contributed by atoms with E-state index in [4.69, 9.17) is 16.3 Å². The third kappa shape index (κ3) is 4.49. The molecule has 2 aromatic rings. The number of benzene rings is 2. The molecule has 19 heavy (non-hydrogen) atoms. The molecule has 0 radical (unpaired) electrons. The third-order valence-corrected chi connectivity index (χ3v) is 2.66. The van der Waals surface area contributed by atoms with E-state index in [0.717, 1.165) is 22.1 Å². The molecule has 100 valence electrons. The smallest absolute Gasteiger partial charge is 0.120 e. The van der Waals surface area contributed by atoms with Crippen LogP contribution in [0.15, 0.2) is 48.5 Å². The van der Waals surface area contributed by atoms with Crippen molar-refractivity contribution in [1.82, 2.24) is 0 Å². The average Bonchev–Trinajstić information content (AvgIpc) is 2.33. The van der Waals surface area contributed by atoms with Crippen LogP contribution in [0.1, 0.15) is 20.8 Å². The molecule has 0 aliphatic carbocycles. The molecule has 0 atom stereocenters. The van der Waals surface area contributed by atoms with Crippen molar-refractivity contribution in [3.8, 4) is 5.75 Å². The van der Waals surface area contributed by atoms with Gasteiger partial charge in [0.25, 0.3) is 0 Å². The quantitative estimate of drug-likeness (QED) is 0.825. The van der Waals surface area contributed by atoms with Gasteiger partial charge in [-0.3, -0.25) is 0 Å². The lowest BCUT2D eigenvalue weighted by Crippen LogP contribution is -2.22. The number of hydrogen-bond donors (Lipinski definition) is 1. The molecular formula is C16H18ClNO. The molecule has 2 rings (SSSR count). The summed E-state index contributed by atoms with van der Waals surface area (Å²) in [5.74, 6) is 0.870. The molecule has 0 spiro atoms. The minimum atomic E-state index is -0.175. The molecular weight excluding hydrogens is 258 g/mol. The maximum atomic E-state index is 5.85. The molecule has 0 aromatic heterocycles. The topological polar surface area (TPSA) is 21.3 Å². The lowest BCUT2D eigenvalue weighted by molar-refractivity contribution is 0.131. The fourth-order valence-electron chi connectivity index (χ4n) is 1.66. The number of hydrogen-bond acceptors (Lipinski definition) is 2. The Morgan fingerprint density at radius 1 is 0.842 bits per heavy atom. The zero-order valence-electron chi connectivity index (χ0n) is 11.4. The molecule has 0 heterocycles. The molecule has 0 fully saturated rings. The molecule has 0 amide bonds. The third-order valence-electron chi connectivity index (χ3n) is 2.41. The van der Waals surface area contributed by atoms with Crippen molar-refractivity contribution < 1.29 is 4.74 Å². The van der Waals surface area contributed by atoms with Gasteiger partial charge in [-0.2, -0.15) is 0 Å². The second-order valence-corrected chi connectivity index (χ2v) is 5.81. The normalized spacial score (nSPS) is 11.2. The summed E-state index contributed by atoms with van der Waals surface area (Å²) in [6.45, 7) is 6.10. The summed E-state index contributed by atoms with van der Waals surface area (Å²) in [5, 5.41) is 4.04. The second kappa shape index (κ2) is 5.54. The average molecular weight is 276 g/mol. The Labute approximate surface area is 119 Å². The van der Waals surface area contributed by atoms with Gasteiger partial charge in [-0.25, -0.2) is 0 Å². The standard InChI is InChI=1S/C16H18ClNO/c1-16(2,3)19-15-10-8-14(9-11-15)18-13-6-4-12(17)5-7-13/h4-11,18H,1-3H3. The highest BCUT2D eigenvalue weighted by atomic mass is 35.5. The van der Waals surface area contributed by atoms with Crippen molar-refractivity contribution >= 4 is 23.0 Å². The van der Waals surface area contributed by atoms with Crippen molar-refractivity contribution in [2.45, 2.75) is 26.4 Å². The van der Waals surface area contributed by atoms with E-state index in [2.05, 4.69) is 5.32 Å². The molecule has 2 aromatic carbocycles. The van der Waals surface area contributed by atoms with E-state index in [0.29, 0.717) is 0 Å². The monoisotopic (exact) mass is 275 g/mol. The van der Waals surface area contributed by atoms with Crippen LogP contribution < -0.4 is 10.1 Å². The number of anilines is 2. The predicted octanol–water partition coefficient (Wildman–Crippen LogP) is 5.26. The van der Waals surface area contributed by atoms with Crippen molar-refractivity contribution in [3.63, 3.8) is 0 Å². The Balaban J connectivity index is 2.04. The summed E-state index contributed by atoms with van der Waals surface area (Å²) in [7, 11) is 0. The zero-order chi connectivity index (χ0) is 13.9. The SMILES string of the molecule is CC(C)(C)Oc1ccc(Nc2ccc(Cl)cc2)cc1. The van der Waals surface area contributed by atoms with Crippen LogP contribution >= 0.6 is 11.6 Å². The summed E-state index contributed by atoms with van der Waals surface area (Å²) in [4.78, 5) is 0. The van der Waals surface area contributed by atoms with E-state index < -0.39 is 0 Å². The van der Waals surface area contributed by atoms with Crippen LogP contribution in [0.25, 0.3) is 0 Å². The van der Waals surface area contributed by atoms with Crippen LogP contribution in [0.5, 0.6) is 5.75 Å². The van der Waals surface area contributed by atoms with Gasteiger partial charge < -0.3 is 10.1 Å². The van der Waals surface area contributed by atoms with Crippen molar-refractivity contribution in [1.29, 1.82) is 0 Å². The Bertz CT molecular complexity index is 526. The van der Waals surface area contributed by atoms with E-state index in [1.165, 1.54) is 0 Å². The molecule has 0 saturated heterocycles.